The Morgan fingerprint density at radius 3 is 3.21 bits per heavy atom. The number of benzene rings is 1. The molecule has 3 nitrogen and oxygen atoms in total. The molecule has 1 heterocycles. The van der Waals surface area contributed by atoms with Crippen molar-refractivity contribution in [2.75, 3.05) is 18.9 Å². The third-order valence-electron chi connectivity index (χ3n) is 3.05. The van der Waals surface area contributed by atoms with Crippen LogP contribution in [0.15, 0.2) is 23.1 Å². The van der Waals surface area contributed by atoms with Crippen LogP contribution < -0.4 is 5.32 Å². The number of esters is 1. The van der Waals surface area contributed by atoms with E-state index in [1.165, 1.54) is 6.07 Å². The van der Waals surface area contributed by atoms with E-state index in [4.69, 9.17) is 4.74 Å². The molecule has 0 amide bonds. The van der Waals surface area contributed by atoms with Gasteiger partial charge in [-0.15, -0.1) is 11.8 Å². The van der Waals surface area contributed by atoms with E-state index in [2.05, 4.69) is 5.32 Å². The Balaban J connectivity index is 1.93. The van der Waals surface area contributed by atoms with Gasteiger partial charge in [0.25, 0.3) is 0 Å². The van der Waals surface area contributed by atoms with E-state index in [0.29, 0.717) is 19.6 Å². The second-order valence-corrected chi connectivity index (χ2v) is 5.46. The maximum Gasteiger partial charge on any atom is 0.307 e. The number of fused-ring (bicyclic) bond motifs is 1. The van der Waals surface area contributed by atoms with Crippen LogP contribution in [0.4, 0.5) is 4.39 Å². The van der Waals surface area contributed by atoms with E-state index in [9.17, 15) is 9.18 Å². The molecular weight excluding hydrogens is 265 g/mol. The van der Waals surface area contributed by atoms with E-state index in [1.54, 1.807) is 24.8 Å². The summed E-state index contributed by atoms with van der Waals surface area (Å²) in [7, 11) is 0. The van der Waals surface area contributed by atoms with Crippen molar-refractivity contribution in [1.29, 1.82) is 0 Å². The zero-order valence-corrected chi connectivity index (χ0v) is 11.8. The Labute approximate surface area is 116 Å². The van der Waals surface area contributed by atoms with Gasteiger partial charge in [0.1, 0.15) is 5.82 Å². The van der Waals surface area contributed by atoms with Gasteiger partial charge in [0.15, 0.2) is 0 Å². The lowest BCUT2D eigenvalue weighted by molar-refractivity contribution is -0.143. The quantitative estimate of drug-likeness (QED) is 0.843. The second-order valence-electron chi connectivity index (χ2n) is 4.36. The number of hydrogen-bond donors (Lipinski definition) is 1. The topological polar surface area (TPSA) is 38.3 Å². The number of halogens is 1. The standard InChI is InChI=1S/C14H18FNO2S/c1-2-18-13(17)6-8-16-12-7-9-19-14-10(12)4-3-5-11(14)15/h3-5,12,16H,2,6-9H2,1H3. The smallest absolute Gasteiger partial charge is 0.307 e. The average Bonchev–Trinajstić information content (AvgIpc) is 2.40. The van der Waals surface area contributed by atoms with Crippen molar-refractivity contribution in [2.45, 2.75) is 30.7 Å². The molecule has 0 saturated heterocycles. The highest BCUT2D eigenvalue weighted by Crippen LogP contribution is 2.37. The molecule has 1 aliphatic rings. The summed E-state index contributed by atoms with van der Waals surface area (Å²) in [6, 6.07) is 5.31. The third kappa shape index (κ3) is 3.70. The Bertz CT molecular complexity index is 453. The summed E-state index contributed by atoms with van der Waals surface area (Å²) in [5.74, 6) is 0.546. The molecule has 1 atom stereocenters. The van der Waals surface area contributed by atoms with Crippen molar-refractivity contribution in [3.63, 3.8) is 0 Å². The number of hydrogen-bond acceptors (Lipinski definition) is 4. The van der Waals surface area contributed by atoms with E-state index < -0.39 is 0 Å². The lowest BCUT2D eigenvalue weighted by Crippen LogP contribution is -2.27. The first-order chi connectivity index (χ1) is 9.22. The van der Waals surface area contributed by atoms with Crippen LogP contribution in [-0.4, -0.2) is 24.9 Å². The van der Waals surface area contributed by atoms with Crippen LogP contribution in [0.2, 0.25) is 0 Å². The number of rotatable bonds is 5. The molecular formula is C14H18FNO2S. The van der Waals surface area contributed by atoms with Gasteiger partial charge in [0, 0.05) is 17.5 Å². The molecule has 19 heavy (non-hydrogen) atoms. The van der Waals surface area contributed by atoms with Crippen molar-refractivity contribution >= 4 is 17.7 Å². The van der Waals surface area contributed by atoms with Gasteiger partial charge in [-0.3, -0.25) is 4.79 Å². The molecule has 0 aromatic heterocycles. The summed E-state index contributed by atoms with van der Waals surface area (Å²) < 4.78 is 18.5. The van der Waals surface area contributed by atoms with Crippen LogP contribution in [-0.2, 0) is 9.53 Å². The SMILES string of the molecule is CCOC(=O)CCNC1CCSc2c(F)cccc21. The number of thioether (sulfide) groups is 1. The molecule has 5 heteroatoms. The normalized spacial score (nSPS) is 17.9. The Kier molecular flexibility index (Phi) is 5.22. The molecule has 2 rings (SSSR count). The summed E-state index contributed by atoms with van der Waals surface area (Å²) in [6.07, 6.45) is 1.30. The number of carbonyl (C=O) groups excluding carboxylic acids is 1. The van der Waals surface area contributed by atoms with Crippen molar-refractivity contribution in [3.8, 4) is 0 Å². The molecule has 0 radical (unpaired) electrons. The fourth-order valence-electron chi connectivity index (χ4n) is 2.18. The van der Waals surface area contributed by atoms with Crippen LogP contribution >= 0.6 is 11.8 Å². The van der Waals surface area contributed by atoms with Crippen molar-refractivity contribution in [1.82, 2.24) is 5.32 Å². The van der Waals surface area contributed by atoms with Gasteiger partial charge in [-0.25, -0.2) is 4.39 Å². The maximum absolute atomic E-state index is 13.7. The van der Waals surface area contributed by atoms with Crippen molar-refractivity contribution < 1.29 is 13.9 Å². The monoisotopic (exact) mass is 283 g/mol. The maximum atomic E-state index is 13.7. The Morgan fingerprint density at radius 2 is 2.42 bits per heavy atom. The molecule has 0 aliphatic carbocycles. The minimum atomic E-state index is -0.195. The molecule has 104 valence electrons. The second kappa shape index (κ2) is 6.91. The summed E-state index contributed by atoms with van der Waals surface area (Å²) in [5.41, 5.74) is 1.00. The molecule has 1 N–H and O–H groups in total. The molecule has 0 bridgehead atoms. The van der Waals surface area contributed by atoms with Crippen LogP contribution in [0.5, 0.6) is 0 Å². The summed E-state index contributed by atoms with van der Waals surface area (Å²) in [5, 5.41) is 3.31. The zero-order valence-electron chi connectivity index (χ0n) is 10.9. The van der Waals surface area contributed by atoms with Crippen LogP contribution in [0.25, 0.3) is 0 Å². The van der Waals surface area contributed by atoms with Gasteiger partial charge < -0.3 is 10.1 Å². The lowest BCUT2D eigenvalue weighted by Gasteiger charge is -2.26. The Morgan fingerprint density at radius 1 is 1.58 bits per heavy atom. The van der Waals surface area contributed by atoms with E-state index in [-0.39, 0.29) is 17.8 Å². The molecule has 0 saturated carbocycles. The van der Waals surface area contributed by atoms with E-state index >= 15 is 0 Å². The van der Waals surface area contributed by atoms with E-state index in [1.807, 2.05) is 6.07 Å². The minimum absolute atomic E-state index is 0.126. The summed E-state index contributed by atoms with van der Waals surface area (Å²) in [4.78, 5) is 12.0. The first-order valence-electron chi connectivity index (χ1n) is 6.52. The van der Waals surface area contributed by atoms with Gasteiger partial charge in [-0.1, -0.05) is 12.1 Å². The molecule has 1 unspecified atom stereocenters. The lowest BCUT2D eigenvalue weighted by atomic mass is 10.0. The van der Waals surface area contributed by atoms with Crippen molar-refractivity contribution in [3.05, 3.63) is 29.6 Å². The van der Waals surface area contributed by atoms with Crippen LogP contribution in [0.1, 0.15) is 31.4 Å². The molecule has 1 aliphatic heterocycles. The van der Waals surface area contributed by atoms with Gasteiger partial charge in [0.05, 0.1) is 13.0 Å². The largest absolute Gasteiger partial charge is 0.466 e. The predicted octanol–water partition coefficient (Wildman–Crippen LogP) is 2.91. The van der Waals surface area contributed by atoms with Gasteiger partial charge >= 0.3 is 5.97 Å². The molecule has 1 aromatic carbocycles. The summed E-state index contributed by atoms with van der Waals surface area (Å²) >= 11 is 1.56. The van der Waals surface area contributed by atoms with Crippen molar-refractivity contribution in [2.24, 2.45) is 0 Å². The minimum Gasteiger partial charge on any atom is -0.466 e. The van der Waals surface area contributed by atoms with E-state index in [0.717, 1.165) is 22.6 Å². The molecule has 0 fully saturated rings. The van der Waals surface area contributed by atoms with Crippen LogP contribution in [0, 0.1) is 5.82 Å². The van der Waals surface area contributed by atoms with Crippen LogP contribution in [0.3, 0.4) is 0 Å². The predicted molar refractivity (Wildman–Crippen MR) is 73.7 cm³/mol. The highest BCUT2D eigenvalue weighted by atomic mass is 32.2. The molecule has 0 spiro atoms. The van der Waals surface area contributed by atoms with Gasteiger partial charge in [0.2, 0.25) is 0 Å². The highest BCUT2D eigenvalue weighted by Gasteiger charge is 2.22. The molecule has 1 aromatic rings. The fraction of sp³-hybridized carbons (Fsp3) is 0.500. The fourth-order valence-corrected chi connectivity index (χ4v) is 3.32. The van der Waals surface area contributed by atoms with Gasteiger partial charge in [-0.05, 0) is 30.7 Å². The summed E-state index contributed by atoms with van der Waals surface area (Å²) in [6.45, 7) is 2.76. The first kappa shape index (κ1) is 14.3. The number of carbonyl (C=O) groups is 1. The van der Waals surface area contributed by atoms with Gasteiger partial charge in [-0.2, -0.15) is 0 Å². The highest BCUT2D eigenvalue weighted by molar-refractivity contribution is 7.99. The Hall–Kier alpha value is -1.07. The third-order valence-corrected chi connectivity index (χ3v) is 4.21. The number of nitrogens with one attached hydrogen (secondary N) is 1. The number of ether oxygens (including phenoxy) is 1. The first-order valence-corrected chi connectivity index (χ1v) is 7.51. The zero-order chi connectivity index (χ0) is 13.7. The average molecular weight is 283 g/mol.